The first kappa shape index (κ1) is 13.6. The Morgan fingerprint density at radius 1 is 1.15 bits per heavy atom. The minimum absolute atomic E-state index is 0.642. The fraction of sp³-hybridized carbons (Fsp3) is 0.588. The Hall–Kier alpha value is -1.35. The first-order chi connectivity index (χ1) is 9.71. The smallest absolute Gasteiger partial charge is 0.314 e. The first-order valence-electron chi connectivity index (χ1n) is 7.61. The van der Waals surface area contributed by atoms with E-state index >= 15 is 0 Å². The molecule has 108 valence electrons. The third-order valence-electron chi connectivity index (χ3n) is 4.85. The summed E-state index contributed by atoms with van der Waals surface area (Å²) in [5.41, 5.74) is 1.63. The van der Waals surface area contributed by atoms with Crippen LogP contribution in [0.25, 0.3) is 0 Å². The molecule has 3 rings (SSSR count). The third-order valence-corrected chi connectivity index (χ3v) is 4.85. The van der Waals surface area contributed by atoms with E-state index in [0.717, 1.165) is 57.3 Å². The van der Waals surface area contributed by atoms with Gasteiger partial charge in [-0.05, 0) is 30.4 Å². The Morgan fingerprint density at radius 3 is 2.30 bits per heavy atom. The summed E-state index contributed by atoms with van der Waals surface area (Å²) < 4.78 is 5.20. The van der Waals surface area contributed by atoms with Gasteiger partial charge in [0.1, 0.15) is 0 Å². The molecule has 0 unspecified atom stereocenters. The van der Waals surface area contributed by atoms with Crippen LogP contribution in [0.4, 0.5) is 0 Å². The maximum absolute atomic E-state index is 11.8. The van der Waals surface area contributed by atoms with Crippen molar-refractivity contribution in [3.8, 4) is 0 Å². The zero-order valence-electron chi connectivity index (χ0n) is 11.8. The minimum atomic E-state index is -0.655. The zero-order chi connectivity index (χ0) is 14.0. The lowest BCUT2D eigenvalue weighted by atomic mass is 9.69. The molecule has 0 spiro atoms. The van der Waals surface area contributed by atoms with Crippen LogP contribution in [0.3, 0.4) is 0 Å². The molecular formula is C17H22O3. The van der Waals surface area contributed by atoms with Gasteiger partial charge in [-0.1, -0.05) is 43.5 Å². The molecule has 3 nitrogen and oxygen atoms in total. The average Bonchev–Trinajstić information content (AvgIpc) is 2.44. The van der Waals surface area contributed by atoms with Crippen molar-refractivity contribution in [3.63, 3.8) is 0 Å². The summed E-state index contributed by atoms with van der Waals surface area (Å²) >= 11 is 0. The average molecular weight is 274 g/mol. The highest BCUT2D eigenvalue weighted by atomic mass is 16.5. The molecule has 1 aromatic carbocycles. The topological polar surface area (TPSA) is 46.5 Å². The van der Waals surface area contributed by atoms with Crippen molar-refractivity contribution in [2.45, 2.75) is 43.9 Å². The van der Waals surface area contributed by atoms with Gasteiger partial charge in [0.25, 0.3) is 0 Å². The van der Waals surface area contributed by atoms with Gasteiger partial charge in [-0.2, -0.15) is 0 Å². The van der Waals surface area contributed by atoms with Crippen LogP contribution in [-0.2, 0) is 21.4 Å². The van der Waals surface area contributed by atoms with Gasteiger partial charge in [-0.3, -0.25) is 4.79 Å². The molecule has 1 aliphatic heterocycles. The number of aliphatic carboxylic acids is 1. The van der Waals surface area contributed by atoms with Crippen molar-refractivity contribution in [2.24, 2.45) is 5.92 Å². The standard InChI is InChI=1S/C17H22O3/c18-16(19)17(8-2-1-3-9-17)15-6-4-13(5-7-15)10-14-11-20-12-14/h4-7,14H,1-3,8-12H2,(H,18,19). The number of carboxylic acids is 1. The molecule has 1 saturated carbocycles. The van der Waals surface area contributed by atoms with Crippen molar-refractivity contribution >= 4 is 5.97 Å². The zero-order valence-corrected chi connectivity index (χ0v) is 11.8. The fourth-order valence-corrected chi connectivity index (χ4v) is 3.48. The monoisotopic (exact) mass is 274 g/mol. The number of carbonyl (C=O) groups is 1. The Morgan fingerprint density at radius 2 is 1.80 bits per heavy atom. The minimum Gasteiger partial charge on any atom is -0.481 e. The Bertz CT molecular complexity index is 468. The van der Waals surface area contributed by atoms with Gasteiger partial charge >= 0.3 is 5.97 Å². The van der Waals surface area contributed by atoms with E-state index in [2.05, 4.69) is 12.1 Å². The van der Waals surface area contributed by atoms with Gasteiger partial charge in [-0.15, -0.1) is 0 Å². The SMILES string of the molecule is O=C(O)C1(c2ccc(CC3COC3)cc2)CCCCC1. The lowest BCUT2D eigenvalue weighted by Gasteiger charge is -2.34. The lowest BCUT2D eigenvalue weighted by Crippen LogP contribution is -2.37. The number of hydrogen-bond donors (Lipinski definition) is 1. The summed E-state index contributed by atoms with van der Waals surface area (Å²) in [5, 5.41) is 9.69. The van der Waals surface area contributed by atoms with Gasteiger partial charge in [0.05, 0.1) is 18.6 Å². The maximum Gasteiger partial charge on any atom is 0.314 e. The van der Waals surface area contributed by atoms with Gasteiger partial charge in [0, 0.05) is 5.92 Å². The molecule has 1 N–H and O–H groups in total. The number of rotatable bonds is 4. The summed E-state index contributed by atoms with van der Waals surface area (Å²) in [7, 11) is 0. The summed E-state index contributed by atoms with van der Waals surface area (Å²) in [6.45, 7) is 1.72. The van der Waals surface area contributed by atoms with E-state index in [1.807, 2.05) is 12.1 Å². The summed E-state index contributed by atoms with van der Waals surface area (Å²) in [5.74, 6) is -0.0127. The molecule has 0 atom stereocenters. The first-order valence-corrected chi connectivity index (χ1v) is 7.61. The Balaban J connectivity index is 1.78. The van der Waals surface area contributed by atoms with E-state index in [1.54, 1.807) is 0 Å². The normalized spacial score (nSPS) is 22.2. The summed E-state index contributed by atoms with van der Waals surface area (Å²) in [4.78, 5) is 11.8. The Labute approximate surface area is 120 Å². The highest BCUT2D eigenvalue weighted by Gasteiger charge is 2.41. The van der Waals surface area contributed by atoms with Crippen molar-refractivity contribution in [2.75, 3.05) is 13.2 Å². The number of benzene rings is 1. The van der Waals surface area contributed by atoms with Gasteiger partial charge < -0.3 is 9.84 Å². The highest BCUT2D eigenvalue weighted by Crippen LogP contribution is 2.39. The van der Waals surface area contributed by atoms with E-state index in [4.69, 9.17) is 4.74 Å². The third kappa shape index (κ3) is 2.47. The molecule has 0 bridgehead atoms. The number of carboxylic acid groups (broad SMARTS) is 1. The lowest BCUT2D eigenvalue weighted by molar-refractivity contribution is -0.145. The van der Waals surface area contributed by atoms with Crippen LogP contribution >= 0.6 is 0 Å². The maximum atomic E-state index is 11.8. The van der Waals surface area contributed by atoms with Gasteiger partial charge in [-0.25, -0.2) is 0 Å². The van der Waals surface area contributed by atoms with Crippen molar-refractivity contribution < 1.29 is 14.6 Å². The molecule has 1 saturated heterocycles. The molecule has 20 heavy (non-hydrogen) atoms. The summed E-state index contributed by atoms with van der Waals surface area (Å²) in [6, 6.07) is 8.28. The van der Waals surface area contributed by atoms with E-state index in [1.165, 1.54) is 5.56 Å². The highest BCUT2D eigenvalue weighted by molar-refractivity contribution is 5.81. The van der Waals surface area contributed by atoms with Crippen LogP contribution in [0.1, 0.15) is 43.2 Å². The second-order valence-corrected chi connectivity index (χ2v) is 6.25. The van der Waals surface area contributed by atoms with Crippen molar-refractivity contribution in [1.29, 1.82) is 0 Å². The summed E-state index contributed by atoms with van der Waals surface area (Å²) in [6.07, 6.45) is 5.80. The van der Waals surface area contributed by atoms with Gasteiger partial charge in [0.15, 0.2) is 0 Å². The quantitative estimate of drug-likeness (QED) is 0.917. The molecule has 1 heterocycles. The number of ether oxygens (including phenoxy) is 1. The predicted molar refractivity (Wildman–Crippen MR) is 76.9 cm³/mol. The van der Waals surface area contributed by atoms with Crippen LogP contribution < -0.4 is 0 Å². The number of hydrogen-bond acceptors (Lipinski definition) is 2. The fourth-order valence-electron chi connectivity index (χ4n) is 3.48. The molecule has 0 aromatic heterocycles. The van der Waals surface area contributed by atoms with Crippen molar-refractivity contribution in [1.82, 2.24) is 0 Å². The van der Waals surface area contributed by atoms with E-state index in [-0.39, 0.29) is 0 Å². The largest absolute Gasteiger partial charge is 0.481 e. The van der Waals surface area contributed by atoms with Crippen LogP contribution in [-0.4, -0.2) is 24.3 Å². The van der Waals surface area contributed by atoms with E-state index in [9.17, 15) is 9.90 Å². The molecule has 2 aliphatic rings. The molecule has 2 fully saturated rings. The van der Waals surface area contributed by atoms with Crippen LogP contribution in [0, 0.1) is 5.92 Å². The molecule has 1 aliphatic carbocycles. The molecular weight excluding hydrogens is 252 g/mol. The van der Waals surface area contributed by atoms with E-state index < -0.39 is 11.4 Å². The van der Waals surface area contributed by atoms with E-state index in [0.29, 0.717) is 5.92 Å². The Kier molecular flexibility index (Phi) is 3.79. The van der Waals surface area contributed by atoms with Crippen LogP contribution in [0.15, 0.2) is 24.3 Å². The predicted octanol–water partition coefficient (Wildman–Crippen LogP) is 3.16. The molecule has 0 radical (unpaired) electrons. The molecule has 0 amide bonds. The molecule has 3 heteroatoms. The van der Waals surface area contributed by atoms with Gasteiger partial charge in [0.2, 0.25) is 0 Å². The second kappa shape index (κ2) is 5.57. The molecule has 1 aromatic rings. The van der Waals surface area contributed by atoms with Crippen LogP contribution in [0.5, 0.6) is 0 Å². The second-order valence-electron chi connectivity index (χ2n) is 6.25. The van der Waals surface area contributed by atoms with Crippen LogP contribution in [0.2, 0.25) is 0 Å². The van der Waals surface area contributed by atoms with Crippen molar-refractivity contribution in [3.05, 3.63) is 35.4 Å².